The summed E-state index contributed by atoms with van der Waals surface area (Å²) in [6.07, 6.45) is 3.41. The third-order valence-electron chi connectivity index (χ3n) is 4.52. The summed E-state index contributed by atoms with van der Waals surface area (Å²) in [4.78, 5) is 17.0. The van der Waals surface area contributed by atoms with Gasteiger partial charge in [-0.3, -0.25) is 4.79 Å². The van der Waals surface area contributed by atoms with Gasteiger partial charge in [-0.15, -0.1) is 0 Å². The molecule has 1 aromatic carbocycles. The van der Waals surface area contributed by atoms with Gasteiger partial charge in [0, 0.05) is 23.9 Å². The summed E-state index contributed by atoms with van der Waals surface area (Å²) in [6.45, 7) is 3.52. The maximum Gasteiger partial charge on any atom is 0.333 e. The minimum atomic E-state index is -2.71. The minimum absolute atomic E-state index is 0.266. The van der Waals surface area contributed by atoms with Crippen LogP contribution in [0.25, 0.3) is 11.1 Å². The standard InChI is InChI=1S/C19H22F2N6O/c1-4-16(17-22-11-23-26(17)5-2)24-18(28)14-8-6-7-13(9-14)15-10-27(19(20)21)25-12(15)3/h6-11,16,19H,4-5H2,1-3H3,(H,24,28)/t16-/m1/s1. The molecule has 0 fully saturated rings. The molecule has 2 aromatic heterocycles. The summed E-state index contributed by atoms with van der Waals surface area (Å²) in [6, 6.07) is 6.57. The highest BCUT2D eigenvalue weighted by Crippen LogP contribution is 2.26. The maximum atomic E-state index is 12.9. The topological polar surface area (TPSA) is 77.6 Å². The first-order valence-corrected chi connectivity index (χ1v) is 9.07. The maximum absolute atomic E-state index is 12.9. The van der Waals surface area contributed by atoms with Crippen LogP contribution in [0.5, 0.6) is 0 Å². The Bertz CT molecular complexity index is 965. The monoisotopic (exact) mass is 388 g/mol. The zero-order chi connectivity index (χ0) is 20.3. The van der Waals surface area contributed by atoms with Crippen LogP contribution in [0.2, 0.25) is 0 Å². The number of aromatic nitrogens is 5. The molecule has 0 bridgehead atoms. The molecule has 0 saturated heterocycles. The molecule has 0 saturated carbocycles. The quantitative estimate of drug-likeness (QED) is 0.669. The number of hydrogen-bond acceptors (Lipinski definition) is 4. The molecule has 0 aliphatic carbocycles. The Hall–Kier alpha value is -3.10. The second kappa shape index (κ2) is 8.28. The summed E-state index contributed by atoms with van der Waals surface area (Å²) in [7, 11) is 0. The van der Waals surface area contributed by atoms with Crippen molar-refractivity contribution < 1.29 is 13.6 Å². The summed E-state index contributed by atoms with van der Waals surface area (Å²) in [5.41, 5.74) is 2.12. The number of carbonyl (C=O) groups is 1. The Kier molecular flexibility index (Phi) is 5.81. The van der Waals surface area contributed by atoms with Gasteiger partial charge in [-0.1, -0.05) is 19.1 Å². The molecular formula is C19H22F2N6O. The highest BCUT2D eigenvalue weighted by Gasteiger charge is 2.20. The van der Waals surface area contributed by atoms with Gasteiger partial charge in [0.15, 0.2) is 0 Å². The second-order valence-electron chi connectivity index (χ2n) is 6.33. The van der Waals surface area contributed by atoms with E-state index in [9.17, 15) is 13.6 Å². The van der Waals surface area contributed by atoms with Gasteiger partial charge in [0.25, 0.3) is 5.91 Å². The highest BCUT2D eigenvalue weighted by molar-refractivity contribution is 5.95. The molecule has 0 spiro atoms. The molecular weight excluding hydrogens is 366 g/mol. The van der Waals surface area contributed by atoms with Crippen molar-refractivity contribution in [2.24, 2.45) is 0 Å². The summed E-state index contributed by atoms with van der Waals surface area (Å²) in [5, 5.41) is 10.9. The van der Waals surface area contributed by atoms with Crippen molar-refractivity contribution >= 4 is 5.91 Å². The van der Waals surface area contributed by atoms with Gasteiger partial charge in [-0.2, -0.15) is 19.0 Å². The van der Waals surface area contributed by atoms with Crippen LogP contribution in [0, 0.1) is 6.92 Å². The summed E-state index contributed by atoms with van der Waals surface area (Å²) < 4.78 is 28.1. The van der Waals surface area contributed by atoms with E-state index in [0.29, 0.717) is 45.9 Å². The molecule has 148 valence electrons. The number of alkyl halides is 2. The van der Waals surface area contributed by atoms with Crippen molar-refractivity contribution in [1.29, 1.82) is 0 Å². The lowest BCUT2D eigenvalue weighted by atomic mass is 10.0. The number of carbonyl (C=O) groups excluding carboxylic acids is 1. The van der Waals surface area contributed by atoms with Crippen LogP contribution in [0.3, 0.4) is 0 Å². The first-order valence-electron chi connectivity index (χ1n) is 9.07. The number of rotatable bonds is 7. The van der Waals surface area contributed by atoms with Crippen molar-refractivity contribution in [3.63, 3.8) is 0 Å². The lowest BCUT2D eigenvalue weighted by Crippen LogP contribution is -2.30. The van der Waals surface area contributed by atoms with Gasteiger partial charge in [0.1, 0.15) is 12.2 Å². The fourth-order valence-corrected chi connectivity index (χ4v) is 3.07. The van der Waals surface area contributed by atoms with Gasteiger partial charge in [0.2, 0.25) is 0 Å². The zero-order valence-corrected chi connectivity index (χ0v) is 15.9. The molecule has 1 amide bonds. The van der Waals surface area contributed by atoms with Crippen molar-refractivity contribution in [2.75, 3.05) is 0 Å². The normalized spacial score (nSPS) is 12.4. The van der Waals surface area contributed by atoms with Crippen LogP contribution in [0.15, 0.2) is 36.8 Å². The smallest absolute Gasteiger partial charge is 0.333 e. The number of aryl methyl sites for hydroxylation is 2. The highest BCUT2D eigenvalue weighted by atomic mass is 19.3. The average molecular weight is 388 g/mol. The van der Waals surface area contributed by atoms with Crippen molar-refractivity contribution in [3.8, 4) is 11.1 Å². The van der Waals surface area contributed by atoms with Gasteiger partial charge in [-0.05, 0) is 38.0 Å². The predicted molar refractivity (Wildman–Crippen MR) is 99.8 cm³/mol. The number of benzene rings is 1. The SMILES string of the molecule is CC[C@@H](NC(=O)c1cccc(-c2cn(C(F)F)nc2C)c1)c1ncnn1CC. The molecule has 28 heavy (non-hydrogen) atoms. The summed E-state index contributed by atoms with van der Waals surface area (Å²) >= 11 is 0. The van der Waals surface area contributed by atoms with Crippen LogP contribution < -0.4 is 5.32 Å². The van der Waals surface area contributed by atoms with Crippen LogP contribution in [0.4, 0.5) is 8.78 Å². The van der Waals surface area contributed by atoms with Gasteiger partial charge < -0.3 is 5.32 Å². The van der Waals surface area contributed by atoms with E-state index >= 15 is 0 Å². The van der Waals surface area contributed by atoms with Gasteiger partial charge in [0.05, 0.1) is 11.7 Å². The van der Waals surface area contributed by atoms with E-state index in [1.165, 1.54) is 12.5 Å². The van der Waals surface area contributed by atoms with E-state index in [4.69, 9.17) is 0 Å². The lowest BCUT2D eigenvalue weighted by Gasteiger charge is -2.17. The zero-order valence-electron chi connectivity index (χ0n) is 15.9. The van der Waals surface area contributed by atoms with Gasteiger partial charge in [-0.25, -0.2) is 14.3 Å². The third kappa shape index (κ3) is 3.92. The van der Waals surface area contributed by atoms with E-state index in [0.717, 1.165) is 0 Å². The van der Waals surface area contributed by atoms with Crippen LogP contribution >= 0.6 is 0 Å². The molecule has 1 atom stereocenters. The molecule has 3 aromatic rings. The van der Waals surface area contributed by atoms with Crippen molar-refractivity contribution in [3.05, 3.63) is 53.9 Å². The molecule has 1 N–H and O–H groups in total. The van der Waals surface area contributed by atoms with Crippen LogP contribution in [0.1, 0.15) is 54.7 Å². The predicted octanol–water partition coefficient (Wildman–Crippen LogP) is 3.75. The Labute approximate surface area is 161 Å². The number of nitrogens with one attached hydrogen (secondary N) is 1. The minimum Gasteiger partial charge on any atom is -0.342 e. The molecule has 2 heterocycles. The molecule has 0 radical (unpaired) electrons. The van der Waals surface area contributed by atoms with Gasteiger partial charge >= 0.3 is 6.55 Å². The fourth-order valence-electron chi connectivity index (χ4n) is 3.07. The lowest BCUT2D eigenvalue weighted by molar-refractivity contribution is 0.0563. The van der Waals surface area contributed by atoms with E-state index in [-0.39, 0.29) is 11.9 Å². The molecule has 0 aliphatic rings. The second-order valence-corrected chi connectivity index (χ2v) is 6.33. The Morgan fingerprint density at radius 2 is 2.07 bits per heavy atom. The Morgan fingerprint density at radius 3 is 2.71 bits per heavy atom. The van der Waals surface area contributed by atoms with E-state index in [2.05, 4.69) is 20.5 Å². The van der Waals surface area contributed by atoms with E-state index < -0.39 is 6.55 Å². The third-order valence-corrected chi connectivity index (χ3v) is 4.52. The average Bonchev–Trinajstić information content (AvgIpc) is 3.32. The number of halogens is 2. The largest absolute Gasteiger partial charge is 0.342 e. The van der Waals surface area contributed by atoms with Crippen LogP contribution in [-0.4, -0.2) is 30.5 Å². The molecule has 3 rings (SSSR count). The van der Waals surface area contributed by atoms with E-state index in [1.54, 1.807) is 35.9 Å². The first-order chi connectivity index (χ1) is 13.4. The Morgan fingerprint density at radius 1 is 1.29 bits per heavy atom. The number of hydrogen-bond donors (Lipinski definition) is 1. The Balaban J connectivity index is 1.84. The van der Waals surface area contributed by atoms with E-state index in [1.807, 2.05) is 13.8 Å². The number of nitrogens with zero attached hydrogens (tertiary/aromatic N) is 5. The molecule has 0 aliphatic heterocycles. The first kappa shape index (κ1) is 19.7. The molecule has 9 heteroatoms. The number of amides is 1. The van der Waals surface area contributed by atoms with Crippen molar-refractivity contribution in [2.45, 2.75) is 46.3 Å². The van der Waals surface area contributed by atoms with Crippen molar-refractivity contribution in [1.82, 2.24) is 29.9 Å². The molecule has 7 nitrogen and oxygen atoms in total. The van der Waals surface area contributed by atoms with Crippen LogP contribution in [-0.2, 0) is 6.54 Å². The fraction of sp³-hybridized carbons (Fsp3) is 0.368. The molecule has 0 unspecified atom stereocenters. The summed E-state index contributed by atoms with van der Waals surface area (Å²) in [5.74, 6) is 0.432.